The van der Waals surface area contributed by atoms with Crippen molar-refractivity contribution in [1.29, 1.82) is 0 Å². The van der Waals surface area contributed by atoms with E-state index in [1.807, 2.05) is 33.8 Å². The fraction of sp³-hybridized carbons (Fsp3) is 0.429. The fourth-order valence-electron chi connectivity index (χ4n) is 1.80. The molecule has 0 amide bonds. The van der Waals surface area contributed by atoms with Gasteiger partial charge >= 0.3 is 0 Å². The van der Waals surface area contributed by atoms with Gasteiger partial charge in [-0.25, -0.2) is 0 Å². The van der Waals surface area contributed by atoms with Crippen LogP contribution < -0.4 is 15.8 Å². The van der Waals surface area contributed by atoms with Gasteiger partial charge in [0.25, 0.3) is 0 Å². The molecule has 2 aromatic heterocycles. The van der Waals surface area contributed by atoms with Crippen LogP contribution in [-0.4, -0.2) is 16.2 Å². The summed E-state index contributed by atoms with van der Waals surface area (Å²) in [5.41, 5.74) is 8.28. The van der Waals surface area contributed by atoms with Gasteiger partial charge in [0.05, 0.1) is 17.5 Å². The van der Waals surface area contributed by atoms with Gasteiger partial charge in [-0.2, -0.15) is 4.98 Å². The topological polar surface area (TPSA) is 86.2 Å². The Balaban J connectivity index is 2.10. The van der Waals surface area contributed by atoms with Crippen LogP contribution in [0.25, 0.3) is 0 Å². The number of aromatic nitrogens is 2. The molecule has 0 spiro atoms. The number of aryl methyl sites for hydroxylation is 2. The van der Waals surface area contributed by atoms with Gasteiger partial charge < -0.3 is 20.3 Å². The molecule has 0 aliphatic rings. The van der Waals surface area contributed by atoms with Crippen molar-refractivity contribution < 1.29 is 9.26 Å². The largest absolute Gasteiger partial charge is 0.473 e. The molecule has 6 heteroatoms. The number of nitrogen functional groups attached to an aromatic ring is 1. The van der Waals surface area contributed by atoms with E-state index in [-0.39, 0.29) is 6.10 Å². The van der Waals surface area contributed by atoms with Crippen molar-refractivity contribution in [2.45, 2.75) is 40.3 Å². The number of pyridine rings is 1. The Kier molecular flexibility index (Phi) is 4.12. The fourth-order valence-corrected chi connectivity index (χ4v) is 1.80. The SMILES string of the molecule is Cc1noc(C)c1CNc1ccc(N)c(OC(C)C)n1. The predicted molar refractivity (Wildman–Crippen MR) is 77.7 cm³/mol. The van der Waals surface area contributed by atoms with Gasteiger partial charge in [-0.15, -0.1) is 0 Å². The molecule has 2 aromatic rings. The molecule has 0 saturated heterocycles. The summed E-state index contributed by atoms with van der Waals surface area (Å²) in [5.74, 6) is 1.96. The van der Waals surface area contributed by atoms with Crippen LogP contribution in [0.2, 0.25) is 0 Å². The molecule has 0 atom stereocenters. The van der Waals surface area contributed by atoms with Crippen LogP contribution in [0.4, 0.5) is 11.5 Å². The second-order valence-electron chi connectivity index (χ2n) is 4.91. The molecule has 3 N–H and O–H groups in total. The van der Waals surface area contributed by atoms with Crippen LogP contribution in [0.1, 0.15) is 30.9 Å². The summed E-state index contributed by atoms with van der Waals surface area (Å²) in [7, 11) is 0. The van der Waals surface area contributed by atoms with Crippen LogP contribution >= 0.6 is 0 Å². The van der Waals surface area contributed by atoms with E-state index >= 15 is 0 Å². The summed E-state index contributed by atoms with van der Waals surface area (Å²) >= 11 is 0. The number of rotatable bonds is 5. The van der Waals surface area contributed by atoms with Gasteiger partial charge in [0.15, 0.2) is 0 Å². The monoisotopic (exact) mass is 276 g/mol. The minimum atomic E-state index is 0.0302. The van der Waals surface area contributed by atoms with Crippen LogP contribution in [-0.2, 0) is 6.54 Å². The number of nitrogens with zero attached hydrogens (tertiary/aromatic N) is 2. The number of hydrogen-bond donors (Lipinski definition) is 2. The van der Waals surface area contributed by atoms with Gasteiger partial charge in [-0.05, 0) is 39.8 Å². The van der Waals surface area contributed by atoms with Gasteiger partial charge in [-0.3, -0.25) is 0 Å². The molecule has 0 unspecified atom stereocenters. The molecule has 2 rings (SSSR count). The van der Waals surface area contributed by atoms with E-state index in [2.05, 4.69) is 15.5 Å². The highest BCUT2D eigenvalue weighted by Gasteiger charge is 2.10. The quantitative estimate of drug-likeness (QED) is 0.873. The van der Waals surface area contributed by atoms with Crippen molar-refractivity contribution in [3.63, 3.8) is 0 Å². The van der Waals surface area contributed by atoms with E-state index in [0.717, 1.165) is 17.0 Å². The van der Waals surface area contributed by atoms with E-state index in [0.29, 0.717) is 23.9 Å². The third-order valence-corrected chi connectivity index (χ3v) is 2.86. The van der Waals surface area contributed by atoms with Crippen LogP contribution in [0, 0.1) is 13.8 Å². The van der Waals surface area contributed by atoms with Crippen molar-refractivity contribution in [3.05, 3.63) is 29.2 Å². The lowest BCUT2D eigenvalue weighted by atomic mass is 10.2. The van der Waals surface area contributed by atoms with Crippen molar-refractivity contribution in [2.75, 3.05) is 11.1 Å². The number of nitrogens with two attached hydrogens (primary N) is 1. The molecule has 0 fully saturated rings. The third-order valence-electron chi connectivity index (χ3n) is 2.86. The van der Waals surface area contributed by atoms with Gasteiger partial charge in [0.1, 0.15) is 11.6 Å². The Morgan fingerprint density at radius 1 is 1.35 bits per heavy atom. The first-order chi connectivity index (χ1) is 9.47. The molecule has 0 saturated carbocycles. The number of ether oxygens (including phenoxy) is 1. The average Bonchev–Trinajstić information content (AvgIpc) is 2.70. The smallest absolute Gasteiger partial charge is 0.239 e. The Bertz CT molecular complexity index is 573. The molecular formula is C14H20N4O2. The van der Waals surface area contributed by atoms with E-state index in [1.54, 1.807) is 6.07 Å². The van der Waals surface area contributed by atoms with E-state index in [1.165, 1.54) is 0 Å². The van der Waals surface area contributed by atoms with Gasteiger partial charge in [-0.1, -0.05) is 5.16 Å². The maximum atomic E-state index is 5.84. The number of hydrogen-bond acceptors (Lipinski definition) is 6. The molecule has 2 heterocycles. The second-order valence-corrected chi connectivity index (χ2v) is 4.91. The van der Waals surface area contributed by atoms with Crippen LogP contribution in [0.3, 0.4) is 0 Å². The summed E-state index contributed by atoms with van der Waals surface area (Å²) in [4.78, 5) is 4.36. The molecule has 20 heavy (non-hydrogen) atoms. The minimum absolute atomic E-state index is 0.0302. The highest BCUT2D eigenvalue weighted by molar-refractivity contribution is 5.53. The maximum Gasteiger partial charge on any atom is 0.239 e. The molecule has 0 aliphatic carbocycles. The van der Waals surface area contributed by atoms with Crippen LogP contribution in [0.5, 0.6) is 5.88 Å². The maximum absolute atomic E-state index is 5.84. The normalized spacial score (nSPS) is 10.8. The molecule has 108 valence electrons. The molecule has 6 nitrogen and oxygen atoms in total. The Morgan fingerprint density at radius 2 is 2.10 bits per heavy atom. The summed E-state index contributed by atoms with van der Waals surface area (Å²) in [6.45, 7) is 8.27. The second kappa shape index (κ2) is 5.81. The van der Waals surface area contributed by atoms with Crippen LogP contribution in [0.15, 0.2) is 16.7 Å². The number of nitrogens with one attached hydrogen (secondary N) is 1. The molecule has 0 radical (unpaired) electrons. The van der Waals surface area contributed by atoms with E-state index in [9.17, 15) is 0 Å². The zero-order valence-electron chi connectivity index (χ0n) is 12.2. The molecule has 0 bridgehead atoms. The summed E-state index contributed by atoms with van der Waals surface area (Å²) in [5, 5.41) is 7.14. The molecule has 0 aliphatic heterocycles. The Labute approximate surface area is 118 Å². The Morgan fingerprint density at radius 3 is 2.70 bits per heavy atom. The zero-order chi connectivity index (χ0) is 14.7. The third kappa shape index (κ3) is 3.20. The summed E-state index contributed by atoms with van der Waals surface area (Å²) in [6.07, 6.45) is 0.0302. The van der Waals surface area contributed by atoms with E-state index < -0.39 is 0 Å². The predicted octanol–water partition coefficient (Wildman–Crippen LogP) is 2.67. The van der Waals surface area contributed by atoms with E-state index in [4.69, 9.17) is 15.0 Å². The lowest BCUT2D eigenvalue weighted by Gasteiger charge is -2.13. The highest BCUT2D eigenvalue weighted by atomic mass is 16.5. The van der Waals surface area contributed by atoms with Crippen molar-refractivity contribution in [3.8, 4) is 5.88 Å². The van der Waals surface area contributed by atoms with Gasteiger partial charge in [0, 0.05) is 12.1 Å². The highest BCUT2D eigenvalue weighted by Crippen LogP contribution is 2.22. The van der Waals surface area contributed by atoms with Gasteiger partial charge in [0.2, 0.25) is 5.88 Å². The number of anilines is 2. The standard InChI is InChI=1S/C14H20N4O2/c1-8(2)19-14-12(15)5-6-13(17-14)16-7-11-9(3)18-20-10(11)4/h5-6,8H,7,15H2,1-4H3,(H,16,17). The minimum Gasteiger partial charge on any atom is -0.473 e. The average molecular weight is 276 g/mol. The zero-order valence-corrected chi connectivity index (χ0v) is 12.2. The van der Waals surface area contributed by atoms with Crippen molar-refractivity contribution >= 4 is 11.5 Å². The first kappa shape index (κ1) is 14.2. The molecule has 0 aromatic carbocycles. The molecular weight excluding hydrogens is 256 g/mol. The first-order valence-corrected chi connectivity index (χ1v) is 6.56. The summed E-state index contributed by atoms with van der Waals surface area (Å²) in [6, 6.07) is 3.60. The summed E-state index contributed by atoms with van der Waals surface area (Å²) < 4.78 is 10.7. The first-order valence-electron chi connectivity index (χ1n) is 6.56. The van der Waals surface area contributed by atoms with Crippen molar-refractivity contribution in [2.24, 2.45) is 0 Å². The lowest BCUT2D eigenvalue weighted by molar-refractivity contribution is 0.234. The Hall–Kier alpha value is -2.24. The lowest BCUT2D eigenvalue weighted by Crippen LogP contribution is -2.10. The van der Waals surface area contributed by atoms with Crippen molar-refractivity contribution in [1.82, 2.24) is 10.1 Å².